The van der Waals surface area contributed by atoms with Crippen molar-refractivity contribution in [2.24, 2.45) is 5.92 Å². The topological polar surface area (TPSA) is 71.8 Å². The molecule has 104 valence electrons. The SMILES string of the molecule is O=C(NC[C@H]1CCc2nccn2C1)Nc1cccnc1. The van der Waals surface area contributed by atoms with Crippen molar-refractivity contribution in [3.8, 4) is 0 Å². The first-order valence-electron chi connectivity index (χ1n) is 6.76. The third-order valence-electron chi connectivity index (χ3n) is 3.50. The molecule has 0 fully saturated rings. The van der Waals surface area contributed by atoms with Crippen LogP contribution in [-0.2, 0) is 13.0 Å². The maximum Gasteiger partial charge on any atom is 0.319 e. The fourth-order valence-electron chi connectivity index (χ4n) is 2.45. The zero-order chi connectivity index (χ0) is 13.8. The number of anilines is 1. The Hall–Kier alpha value is -2.37. The van der Waals surface area contributed by atoms with Crippen LogP contribution >= 0.6 is 0 Å². The summed E-state index contributed by atoms with van der Waals surface area (Å²) in [4.78, 5) is 20.0. The normalized spacial score (nSPS) is 17.3. The van der Waals surface area contributed by atoms with Gasteiger partial charge in [0.1, 0.15) is 5.82 Å². The lowest BCUT2D eigenvalue weighted by Crippen LogP contribution is -2.36. The van der Waals surface area contributed by atoms with Crippen molar-refractivity contribution >= 4 is 11.7 Å². The highest BCUT2D eigenvalue weighted by Gasteiger charge is 2.19. The molecule has 0 spiro atoms. The molecule has 1 aliphatic rings. The van der Waals surface area contributed by atoms with Crippen LogP contribution in [0.4, 0.5) is 10.5 Å². The number of aromatic nitrogens is 3. The number of nitrogens with one attached hydrogen (secondary N) is 2. The molecule has 0 saturated heterocycles. The van der Waals surface area contributed by atoms with Gasteiger partial charge in [0.15, 0.2) is 0 Å². The number of amides is 2. The van der Waals surface area contributed by atoms with E-state index in [4.69, 9.17) is 0 Å². The molecule has 0 aliphatic carbocycles. The highest BCUT2D eigenvalue weighted by Crippen LogP contribution is 2.17. The van der Waals surface area contributed by atoms with E-state index in [2.05, 4.69) is 25.2 Å². The second-order valence-corrected chi connectivity index (χ2v) is 4.98. The van der Waals surface area contributed by atoms with Gasteiger partial charge in [-0.15, -0.1) is 0 Å². The summed E-state index contributed by atoms with van der Waals surface area (Å²) in [6.45, 7) is 1.59. The zero-order valence-corrected chi connectivity index (χ0v) is 11.1. The monoisotopic (exact) mass is 271 g/mol. The summed E-state index contributed by atoms with van der Waals surface area (Å²) in [6.07, 6.45) is 9.16. The van der Waals surface area contributed by atoms with Gasteiger partial charge in [-0.05, 0) is 24.5 Å². The van der Waals surface area contributed by atoms with Gasteiger partial charge in [0.2, 0.25) is 0 Å². The van der Waals surface area contributed by atoms with Gasteiger partial charge in [-0.25, -0.2) is 9.78 Å². The third kappa shape index (κ3) is 2.96. The molecule has 0 bridgehead atoms. The Balaban J connectivity index is 1.47. The lowest BCUT2D eigenvalue weighted by Gasteiger charge is -2.23. The predicted molar refractivity (Wildman–Crippen MR) is 75.3 cm³/mol. The van der Waals surface area contributed by atoms with E-state index in [0.717, 1.165) is 25.2 Å². The Kier molecular flexibility index (Phi) is 3.62. The Labute approximate surface area is 117 Å². The van der Waals surface area contributed by atoms with Crippen molar-refractivity contribution < 1.29 is 4.79 Å². The fraction of sp³-hybridized carbons (Fsp3) is 0.357. The highest BCUT2D eigenvalue weighted by atomic mass is 16.2. The molecule has 1 aliphatic heterocycles. The molecule has 2 amide bonds. The fourth-order valence-corrected chi connectivity index (χ4v) is 2.45. The number of aryl methyl sites for hydroxylation is 1. The van der Waals surface area contributed by atoms with E-state index in [9.17, 15) is 4.79 Å². The van der Waals surface area contributed by atoms with E-state index in [1.165, 1.54) is 0 Å². The van der Waals surface area contributed by atoms with E-state index < -0.39 is 0 Å². The Morgan fingerprint density at radius 3 is 3.25 bits per heavy atom. The molecule has 2 aromatic rings. The Morgan fingerprint density at radius 2 is 2.40 bits per heavy atom. The van der Waals surface area contributed by atoms with Crippen molar-refractivity contribution in [2.75, 3.05) is 11.9 Å². The maximum atomic E-state index is 11.8. The summed E-state index contributed by atoms with van der Waals surface area (Å²) >= 11 is 0. The van der Waals surface area contributed by atoms with E-state index in [-0.39, 0.29) is 6.03 Å². The summed E-state index contributed by atoms with van der Waals surface area (Å²) in [5.41, 5.74) is 0.700. The average molecular weight is 271 g/mol. The van der Waals surface area contributed by atoms with Gasteiger partial charge in [-0.1, -0.05) is 0 Å². The van der Waals surface area contributed by atoms with Gasteiger partial charge >= 0.3 is 6.03 Å². The highest BCUT2D eigenvalue weighted by molar-refractivity contribution is 5.88. The number of hydrogen-bond acceptors (Lipinski definition) is 3. The summed E-state index contributed by atoms with van der Waals surface area (Å²) in [6, 6.07) is 3.41. The number of pyridine rings is 1. The summed E-state index contributed by atoms with van der Waals surface area (Å²) in [5, 5.41) is 5.68. The van der Waals surface area contributed by atoms with Crippen LogP contribution < -0.4 is 10.6 Å². The largest absolute Gasteiger partial charge is 0.338 e. The second-order valence-electron chi connectivity index (χ2n) is 4.98. The summed E-state index contributed by atoms with van der Waals surface area (Å²) < 4.78 is 2.16. The van der Waals surface area contributed by atoms with Gasteiger partial charge in [0.05, 0.1) is 11.9 Å². The number of hydrogen-bond donors (Lipinski definition) is 2. The van der Waals surface area contributed by atoms with Crippen LogP contribution in [0.1, 0.15) is 12.2 Å². The molecule has 6 nitrogen and oxygen atoms in total. The molecule has 1 atom stereocenters. The summed E-state index contributed by atoms with van der Waals surface area (Å²) in [7, 11) is 0. The van der Waals surface area contributed by atoms with E-state index in [1.807, 2.05) is 18.5 Å². The van der Waals surface area contributed by atoms with Crippen molar-refractivity contribution in [3.05, 3.63) is 42.7 Å². The average Bonchev–Trinajstić information content (AvgIpc) is 2.93. The maximum absolute atomic E-state index is 11.8. The zero-order valence-electron chi connectivity index (χ0n) is 11.1. The van der Waals surface area contributed by atoms with Crippen molar-refractivity contribution in [2.45, 2.75) is 19.4 Å². The van der Waals surface area contributed by atoms with E-state index >= 15 is 0 Å². The first kappa shape index (κ1) is 12.7. The van der Waals surface area contributed by atoms with Crippen LogP contribution in [0.5, 0.6) is 0 Å². The van der Waals surface area contributed by atoms with Crippen LogP contribution in [0, 0.1) is 5.92 Å². The molecule has 0 saturated carbocycles. The second kappa shape index (κ2) is 5.73. The van der Waals surface area contributed by atoms with Crippen LogP contribution in [0.3, 0.4) is 0 Å². The number of fused-ring (bicyclic) bond motifs is 1. The van der Waals surface area contributed by atoms with Gasteiger partial charge in [-0.3, -0.25) is 4.98 Å². The van der Waals surface area contributed by atoms with Gasteiger partial charge in [-0.2, -0.15) is 0 Å². The van der Waals surface area contributed by atoms with E-state index in [0.29, 0.717) is 18.2 Å². The minimum absolute atomic E-state index is 0.186. The number of carbonyl (C=O) groups is 1. The Bertz CT molecular complexity index is 580. The smallest absolute Gasteiger partial charge is 0.319 e. The predicted octanol–water partition coefficient (Wildman–Crippen LogP) is 1.66. The minimum atomic E-state index is -0.186. The molecule has 2 aromatic heterocycles. The van der Waals surface area contributed by atoms with Crippen LogP contribution in [0.25, 0.3) is 0 Å². The van der Waals surface area contributed by atoms with E-state index in [1.54, 1.807) is 18.5 Å². The van der Waals surface area contributed by atoms with Crippen LogP contribution in [0.2, 0.25) is 0 Å². The molecule has 0 aromatic carbocycles. The van der Waals surface area contributed by atoms with Crippen molar-refractivity contribution in [3.63, 3.8) is 0 Å². The first-order valence-corrected chi connectivity index (χ1v) is 6.76. The van der Waals surface area contributed by atoms with Gasteiger partial charge < -0.3 is 15.2 Å². The van der Waals surface area contributed by atoms with Crippen LogP contribution in [-0.4, -0.2) is 27.1 Å². The van der Waals surface area contributed by atoms with Gasteiger partial charge in [0.25, 0.3) is 0 Å². The molecular formula is C14H17N5O. The first-order chi connectivity index (χ1) is 9.81. The van der Waals surface area contributed by atoms with Gasteiger partial charge in [0, 0.05) is 38.1 Å². The number of urea groups is 1. The lowest BCUT2D eigenvalue weighted by atomic mass is 9.99. The number of carbonyl (C=O) groups excluding carboxylic acids is 1. The van der Waals surface area contributed by atoms with Crippen molar-refractivity contribution in [1.29, 1.82) is 0 Å². The molecule has 20 heavy (non-hydrogen) atoms. The molecule has 0 radical (unpaired) electrons. The van der Waals surface area contributed by atoms with Crippen molar-refractivity contribution in [1.82, 2.24) is 19.9 Å². The minimum Gasteiger partial charge on any atom is -0.338 e. The third-order valence-corrected chi connectivity index (χ3v) is 3.50. The Morgan fingerprint density at radius 1 is 1.45 bits per heavy atom. The molecule has 6 heteroatoms. The lowest BCUT2D eigenvalue weighted by molar-refractivity contribution is 0.247. The number of nitrogens with zero attached hydrogens (tertiary/aromatic N) is 3. The molecular weight excluding hydrogens is 254 g/mol. The molecule has 0 unspecified atom stereocenters. The molecule has 3 rings (SSSR count). The number of imidazole rings is 1. The summed E-state index contributed by atoms with van der Waals surface area (Å²) in [5.74, 6) is 1.59. The van der Waals surface area contributed by atoms with Crippen LogP contribution in [0.15, 0.2) is 36.9 Å². The standard InChI is InChI=1S/C14H17N5O/c20-14(18-12-2-1-5-15-9-12)17-8-11-3-4-13-16-6-7-19(13)10-11/h1-2,5-7,9,11H,3-4,8,10H2,(H2,17,18,20)/t11-/m1/s1. The molecule has 3 heterocycles. The quantitative estimate of drug-likeness (QED) is 0.891. The number of rotatable bonds is 3. The molecule has 2 N–H and O–H groups in total.